The van der Waals surface area contributed by atoms with Crippen LogP contribution in [0.15, 0.2) is 41.7 Å². The van der Waals surface area contributed by atoms with Gasteiger partial charge in [-0.05, 0) is 18.2 Å². The van der Waals surface area contributed by atoms with E-state index in [4.69, 9.17) is 11.6 Å². The molecule has 0 radical (unpaired) electrons. The van der Waals surface area contributed by atoms with Crippen molar-refractivity contribution in [3.63, 3.8) is 0 Å². The van der Waals surface area contributed by atoms with Gasteiger partial charge in [-0.2, -0.15) is 0 Å². The second kappa shape index (κ2) is 4.87. The molecule has 0 aliphatic rings. The molecule has 0 aromatic carbocycles. The molecule has 0 aliphatic heterocycles. The first-order valence-electron chi connectivity index (χ1n) is 4.73. The fourth-order valence-electron chi connectivity index (χ4n) is 1.19. The molecule has 0 bridgehead atoms. The van der Waals surface area contributed by atoms with E-state index in [0.29, 0.717) is 0 Å². The van der Waals surface area contributed by atoms with Crippen LogP contribution in [-0.2, 0) is 10.0 Å². The van der Waals surface area contributed by atoms with Crippen molar-refractivity contribution in [1.29, 1.82) is 0 Å². The summed E-state index contributed by atoms with van der Waals surface area (Å²) in [4.78, 5) is 7.10. The van der Waals surface area contributed by atoms with Crippen LogP contribution in [0.3, 0.4) is 0 Å². The number of anilines is 1. The van der Waals surface area contributed by atoms with Crippen molar-refractivity contribution < 1.29 is 12.8 Å². The van der Waals surface area contributed by atoms with Crippen LogP contribution >= 0.6 is 11.6 Å². The van der Waals surface area contributed by atoms with Crippen molar-refractivity contribution in [1.82, 2.24) is 9.97 Å². The maximum absolute atomic E-state index is 12.6. The van der Waals surface area contributed by atoms with E-state index in [0.717, 1.165) is 18.5 Å². The number of nitrogens with one attached hydrogen (secondary N) is 1. The zero-order valence-corrected chi connectivity index (χ0v) is 10.4. The Balaban J connectivity index is 2.33. The number of rotatable bonds is 3. The third kappa shape index (κ3) is 2.74. The van der Waals surface area contributed by atoms with Crippen LogP contribution in [0.5, 0.6) is 0 Å². The molecule has 18 heavy (non-hydrogen) atoms. The van der Waals surface area contributed by atoms with E-state index in [-0.39, 0.29) is 15.7 Å². The molecule has 0 unspecified atom stereocenters. The molecule has 2 heterocycles. The Labute approximate surface area is 108 Å². The van der Waals surface area contributed by atoms with Crippen molar-refractivity contribution in [3.8, 4) is 0 Å². The lowest BCUT2D eigenvalue weighted by Gasteiger charge is -2.07. The number of nitrogens with zero attached hydrogens (tertiary/aromatic N) is 2. The topological polar surface area (TPSA) is 72.0 Å². The first-order valence-corrected chi connectivity index (χ1v) is 6.59. The summed E-state index contributed by atoms with van der Waals surface area (Å²) < 4.78 is 38.7. The summed E-state index contributed by atoms with van der Waals surface area (Å²) in [6.07, 6.45) is 3.40. The SMILES string of the molecule is O=S(=O)(Nc1ccc(F)cn1)c1cnccc1Cl. The van der Waals surface area contributed by atoms with Crippen LogP contribution in [0.1, 0.15) is 0 Å². The summed E-state index contributed by atoms with van der Waals surface area (Å²) in [5.74, 6) is -0.561. The van der Waals surface area contributed by atoms with Crippen LogP contribution in [-0.4, -0.2) is 18.4 Å². The monoisotopic (exact) mass is 287 g/mol. The highest BCUT2D eigenvalue weighted by Gasteiger charge is 2.18. The minimum atomic E-state index is -3.89. The van der Waals surface area contributed by atoms with E-state index >= 15 is 0 Å². The third-order valence-electron chi connectivity index (χ3n) is 1.99. The van der Waals surface area contributed by atoms with Crippen molar-refractivity contribution in [3.05, 3.63) is 47.6 Å². The molecule has 94 valence electrons. The Kier molecular flexibility index (Phi) is 3.44. The smallest absolute Gasteiger partial charge is 0.263 e. The maximum atomic E-state index is 12.6. The Morgan fingerprint density at radius 2 is 2.00 bits per heavy atom. The Morgan fingerprint density at radius 1 is 1.22 bits per heavy atom. The maximum Gasteiger partial charge on any atom is 0.266 e. The largest absolute Gasteiger partial charge is 0.266 e. The number of halogens is 2. The van der Waals surface area contributed by atoms with E-state index < -0.39 is 15.8 Å². The summed E-state index contributed by atoms with van der Waals surface area (Å²) in [6, 6.07) is 3.65. The van der Waals surface area contributed by atoms with E-state index in [2.05, 4.69) is 14.7 Å². The van der Waals surface area contributed by atoms with Gasteiger partial charge < -0.3 is 0 Å². The minimum absolute atomic E-state index is 0.00341. The Hall–Kier alpha value is -1.73. The molecule has 5 nitrogen and oxygen atoms in total. The molecule has 0 aliphatic carbocycles. The summed E-state index contributed by atoms with van der Waals surface area (Å²) in [5.41, 5.74) is 0. The van der Waals surface area contributed by atoms with E-state index in [1.165, 1.54) is 18.3 Å². The molecule has 0 spiro atoms. The average Bonchev–Trinajstić information content (AvgIpc) is 2.32. The lowest BCUT2D eigenvalue weighted by atomic mass is 10.5. The van der Waals surface area contributed by atoms with Gasteiger partial charge >= 0.3 is 0 Å². The molecule has 1 N–H and O–H groups in total. The highest BCUT2D eigenvalue weighted by atomic mass is 35.5. The molecule has 8 heteroatoms. The van der Waals surface area contributed by atoms with Gasteiger partial charge in [-0.25, -0.2) is 17.8 Å². The standard InChI is InChI=1S/C10H7ClFN3O2S/c11-8-3-4-13-6-9(8)18(16,17)15-10-2-1-7(12)5-14-10/h1-6H,(H,14,15). The summed E-state index contributed by atoms with van der Waals surface area (Å²) in [6.45, 7) is 0. The normalized spacial score (nSPS) is 11.2. The Morgan fingerprint density at radius 3 is 2.61 bits per heavy atom. The second-order valence-electron chi connectivity index (χ2n) is 3.27. The molecule has 2 aromatic heterocycles. The number of aromatic nitrogens is 2. The van der Waals surface area contributed by atoms with Crippen LogP contribution in [0.25, 0.3) is 0 Å². The molecule has 2 rings (SSSR count). The van der Waals surface area contributed by atoms with E-state index in [9.17, 15) is 12.8 Å². The van der Waals surface area contributed by atoms with Gasteiger partial charge in [-0.1, -0.05) is 11.6 Å². The molecule has 2 aromatic rings. The number of sulfonamides is 1. The van der Waals surface area contributed by atoms with Gasteiger partial charge in [0.2, 0.25) is 0 Å². The molecule has 0 saturated heterocycles. The van der Waals surface area contributed by atoms with Crippen molar-refractivity contribution in [2.24, 2.45) is 0 Å². The Bertz CT molecular complexity index is 661. The molecule has 0 fully saturated rings. The van der Waals surface area contributed by atoms with Gasteiger partial charge in [-0.3, -0.25) is 9.71 Å². The van der Waals surface area contributed by atoms with Gasteiger partial charge in [0.15, 0.2) is 0 Å². The summed E-state index contributed by atoms with van der Waals surface area (Å²) in [7, 11) is -3.89. The van der Waals surface area contributed by atoms with E-state index in [1.807, 2.05) is 0 Å². The van der Waals surface area contributed by atoms with Crippen molar-refractivity contribution in [2.75, 3.05) is 4.72 Å². The number of pyridine rings is 2. The molecule has 0 saturated carbocycles. The van der Waals surface area contributed by atoms with Crippen molar-refractivity contribution in [2.45, 2.75) is 4.90 Å². The van der Waals surface area contributed by atoms with Gasteiger partial charge in [0.1, 0.15) is 16.5 Å². The van der Waals surface area contributed by atoms with Crippen LogP contribution < -0.4 is 4.72 Å². The highest BCUT2D eigenvalue weighted by molar-refractivity contribution is 7.92. The zero-order valence-electron chi connectivity index (χ0n) is 8.84. The van der Waals surface area contributed by atoms with Crippen molar-refractivity contribution >= 4 is 27.4 Å². The average molecular weight is 288 g/mol. The predicted molar refractivity (Wildman–Crippen MR) is 64.3 cm³/mol. The number of hydrogen-bond acceptors (Lipinski definition) is 4. The van der Waals surface area contributed by atoms with E-state index in [1.54, 1.807) is 0 Å². The van der Waals surface area contributed by atoms with Gasteiger partial charge in [0, 0.05) is 12.4 Å². The summed E-state index contributed by atoms with van der Waals surface area (Å²) in [5, 5.41) is 0.0413. The molecular formula is C10H7ClFN3O2S. The first-order chi connectivity index (χ1) is 8.49. The molecule has 0 atom stereocenters. The predicted octanol–water partition coefficient (Wildman–Crippen LogP) is 2.07. The quantitative estimate of drug-likeness (QED) is 0.938. The fraction of sp³-hybridized carbons (Fsp3) is 0. The minimum Gasteiger partial charge on any atom is -0.263 e. The number of hydrogen-bond donors (Lipinski definition) is 1. The second-order valence-corrected chi connectivity index (χ2v) is 5.33. The van der Waals surface area contributed by atoms with Crippen LogP contribution in [0.2, 0.25) is 5.02 Å². The van der Waals surface area contributed by atoms with Gasteiger partial charge in [0.05, 0.1) is 11.2 Å². The van der Waals surface area contributed by atoms with Gasteiger partial charge in [0.25, 0.3) is 10.0 Å². The highest BCUT2D eigenvalue weighted by Crippen LogP contribution is 2.21. The third-order valence-corrected chi connectivity index (χ3v) is 3.81. The van der Waals surface area contributed by atoms with Crippen LogP contribution in [0.4, 0.5) is 10.2 Å². The molecular weight excluding hydrogens is 281 g/mol. The fourth-order valence-corrected chi connectivity index (χ4v) is 2.63. The molecule has 0 amide bonds. The van der Waals surface area contributed by atoms with Gasteiger partial charge in [-0.15, -0.1) is 0 Å². The zero-order chi connectivity index (χ0) is 13.2. The lowest BCUT2D eigenvalue weighted by Crippen LogP contribution is -2.14. The lowest BCUT2D eigenvalue weighted by molar-refractivity contribution is 0.600. The first kappa shape index (κ1) is 12.7. The van der Waals surface area contributed by atoms with Crippen LogP contribution in [0, 0.1) is 5.82 Å². The summed E-state index contributed by atoms with van der Waals surface area (Å²) >= 11 is 5.76.